The lowest BCUT2D eigenvalue weighted by Crippen LogP contribution is -2.31. The number of hydrogen-bond donors (Lipinski definition) is 3. The molecule has 0 bridgehead atoms. The predicted octanol–water partition coefficient (Wildman–Crippen LogP) is 3.32. The first-order valence-corrected chi connectivity index (χ1v) is 9.48. The summed E-state index contributed by atoms with van der Waals surface area (Å²) in [6.07, 6.45) is 4.55. The van der Waals surface area contributed by atoms with Gasteiger partial charge in [-0.15, -0.1) is 0 Å². The minimum Gasteiger partial charge on any atom is -0.326 e. The van der Waals surface area contributed by atoms with E-state index in [1.165, 1.54) is 6.20 Å². The molecule has 2 aromatic rings. The highest BCUT2D eigenvalue weighted by atomic mass is 35.5. The van der Waals surface area contributed by atoms with Crippen LogP contribution in [0, 0.1) is 11.3 Å². The van der Waals surface area contributed by atoms with Gasteiger partial charge in [0.15, 0.2) is 0 Å². The van der Waals surface area contributed by atoms with E-state index in [2.05, 4.69) is 20.9 Å². The van der Waals surface area contributed by atoms with Crippen molar-refractivity contribution in [3.8, 4) is 0 Å². The van der Waals surface area contributed by atoms with E-state index in [4.69, 9.17) is 11.6 Å². The maximum atomic E-state index is 12.6. The van der Waals surface area contributed by atoms with E-state index >= 15 is 0 Å². The molecule has 1 unspecified atom stereocenters. The third kappa shape index (κ3) is 3.96. The second-order valence-electron chi connectivity index (χ2n) is 7.25. The molecule has 1 aliphatic carbocycles. The SMILES string of the molecule is O=C(Nc1ccc(Cl)cn1)c1cccc(NC(=O)C2CC23CCNCC3)c1. The van der Waals surface area contributed by atoms with Gasteiger partial charge >= 0.3 is 0 Å². The third-order valence-electron chi connectivity index (χ3n) is 5.47. The minimum atomic E-state index is -0.290. The fraction of sp³-hybridized carbons (Fsp3) is 0.350. The van der Waals surface area contributed by atoms with Crippen molar-refractivity contribution in [2.24, 2.45) is 11.3 Å². The number of aromatic nitrogens is 1. The van der Waals surface area contributed by atoms with Crippen molar-refractivity contribution < 1.29 is 9.59 Å². The van der Waals surface area contributed by atoms with Gasteiger partial charge in [0.2, 0.25) is 5.91 Å². The van der Waals surface area contributed by atoms with Gasteiger partial charge in [-0.3, -0.25) is 9.59 Å². The fourth-order valence-electron chi connectivity index (χ4n) is 3.80. The molecular weight excluding hydrogens is 364 g/mol. The Hall–Kier alpha value is -2.44. The lowest BCUT2D eigenvalue weighted by Gasteiger charge is -2.23. The number of rotatable bonds is 4. The van der Waals surface area contributed by atoms with Gasteiger partial charge in [0.25, 0.3) is 5.91 Å². The zero-order valence-electron chi connectivity index (χ0n) is 14.8. The number of pyridine rings is 1. The molecule has 1 aromatic carbocycles. The van der Waals surface area contributed by atoms with Crippen LogP contribution in [0.15, 0.2) is 42.6 Å². The third-order valence-corrected chi connectivity index (χ3v) is 5.69. The Morgan fingerprint density at radius 2 is 1.96 bits per heavy atom. The maximum absolute atomic E-state index is 12.6. The van der Waals surface area contributed by atoms with Gasteiger partial charge in [0.1, 0.15) is 5.82 Å². The average molecular weight is 385 g/mol. The Kier molecular flexibility index (Phi) is 4.85. The lowest BCUT2D eigenvalue weighted by molar-refractivity contribution is -0.118. The molecule has 4 rings (SSSR count). The molecule has 140 valence electrons. The van der Waals surface area contributed by atoms with Gasteiger partial charge in [0.05, 0.1) is 5.02 Å². The minimum absolute atomic E-state index is 0.0498. The lowest BCUT2D eigenvalue weighted by atomic mass is 9.92. The average Bonchev–Trinajstić information content (AvgIpc) is 3.37. The zero-order chi connectivity index (χ0) is 18.9. The fourth-order valence-corrected chi connectivity index (χ4v) is 3.91. The molecule has 0 radical (unpaired) electrons. The number of amides is 2. The summed E-state index contributed by atoms with van der Waals surface area (Å²) in [5.74, 6) is 0.260. The van der Waals surface area contributed by atoms with E-state index in [-0.39, 0.29) is 23.1 Å². The van der Waals surface area contributed by atoms with Crippen LogP contribution in [0.5, 0.6) is 0 Å². The van der Waals surface area contributed by atoms with Crippen LogP contribution in [-0.2, 0) is 4.79 Å². The predicted molar refractivity (Wildman–Crippen MR) is 105 cm³/mol. The standard InChI is InChI=1S/C20H21ClN4O2/c21-14-4-5-17(23-12-14)25-18(26)13-2-1-3-15(10-13)24-19(27)16-11-20(16)6-8-22-9-7-20/h1-5,10,12,16,22H,6-9,11H2,(H,24,27)(H,23,25,26). The molecule has 1 spiro atoms. The van der Waals surface area contributed by atoms with Crippen molar-refractivity contribution in [1.29, 1.82) is 0 Å². The second-order valence-corrected chi connectivity index (χ2v) is 7.69. The Balaban J connectivity index is 1.39. The van der Waals surface area contributed by atoms with Crippen molar-refractivity contribution in [1.82, 2.24) is 10.3 Å². The maximum Gasteiger partial charge on any atom is 0.256 e. The van der Waals surface area contributed by atoms with E-state index in [0.29, 0.717) is 22.1 Å². The number of nitrogens with zero attached hydrogens (tertiary/aromatic N) is 1. The van der Waals surface area contributed by atoms with Crippen molar-refractivity contribution in [2.45, 2.75) is 19.3 Å². The van der Waals surface area contributed by atoms with E-state index in [9.17, 15) is 9.59 Å². The zero-order valence-corrected chi connectivity index (χ0v) is 15.6. The van der Waals surface area contributed by atoms with E-state index in [0.717, 1.165) is 32.4 Å². The number of halogens is 1. The number of hydrogen-bond acceptors (Lipinski definition) is 4. The van der Waals surface area contributed by atoms with Crippen LogP contribution in [-0.4, -0.2) is 29.9 Å². The first kappa shape index (κ1) is 17.9. The highest BCUT2D eigenvalue weighted by Crippen LogP contribution is 2.58. The normalized spacial score (nSPS) is 20.1. The number of carbonyl (C=O) groups is 2. The van der Waals surface area contributed by atoms with Crippen LogP contribution in [0.2, 0.25) is 5.02 Å². The highest BCUT2D eigenvalue weighted by molar-refractivity contribution is 6.30. The number of piperidine rings is 1. The van der Waals surface area contributed by atoms with Gasteiger partial charge in [-0.05, 0) is 68.1 Å². The van der Waals surface area contributed by atoms with Crippen molar-refractivity contribution in [3.63, 3.8) is 0 Å². The molecule has 3 N–H and O–H groups in total. The molecule has 1 aromatic heterocycles. The molecule has 6 nitrogen and oxygen atoms in total. The van der Waals surface area contributed by atoms with Crippen molar-refractivity contribution in [3.05, 3.63) is 53.2 Å². The first-order valence-electron chi connectivity index (χ1n) is 9.10. The van der Waals surface area contributed by atoms with Crippen LogP contribution in [0.1, 0.15) is 29.6 Å². The van der Waals surface area contributed by atoms with Gasteiger partial charge < -0.3 is 16.0 Å². The van der Waals surface area contributed by atoms with Crippen molar-refractivity contribution in [2.75, 3.05) is 23.7 Å². The highest BCUT2D eigenvalue weighted by Gasteiger charge is 2.57. The van der Waals surface area contributed by atoms with Gasteiger partial charge in [-0.1, -0.05) is 17.7 Å². The summed E-state index contributed by atoms with van der Waals surface area (Å²) in [6, 6.07) is 10.2. The summed E-state index contributed by atoms with van der Waals surface area (Å²) < 4.78 is 0. The molecule has 27 heavy (non-hydrogen) atoms. The number of nitrogens with one attached hydrogen (secondary N) is 3. The quantitative estimate of drug-likeness (QED) is 0.755. The van der Waals surface area contributed by atoms with Crippen LogP contribution in [0.4, 0.5) is 11.5 Å². The topological polar surface area (TPSA) is 83.1 Å². The summed E-state index contributed by atoms with van der Waals surface area (Å²) >= 11 is 5.80. The van der Waals surface area contributed by atoms with Gasteiger partial charge in [-0.25, -0.2) is 4.98 Å². The Morgan fingerprint density at radius 3 is 2.70 bits per heavy atom. The number of carbonyl (C=O) groups excluding carboxylic acids is 2. The summed E-state index contributed by atoms with van der Waals surface area (Å²) in [5, 5.41) is 9.54. The Labute approximate surface area is 162 Å². The molecule has 2 amide bonds. The molecule has 1 saturated heterocycles. The van der Waals surface area contributed by atoms with Gasteiger partial charge in [0, 0.05) is 23.4 Å². The first-order chi connectivity index (χ1) is 13.1. The molecule has 2 fully saturated rings. The number of anilines is 2. The summed E-state index contributed by atoms with van der Waals surface area (Å²) in [5.41, 5.74) is 1.27. The second kappa shape index (κ2) is 7.29. The molecule has 2 heterocycles. The summed E-state index contributed by atoms with van der Waals surface area (Å²) in [6.45, 7) is 1.97. The van der Waals surface area contributed by atoms with E-state index in [1.807, 2.05) is 0 Å². The van der Waals surface area contributed by atoms with Crippen LogP contribution in [0.25, 0.3) is 0 Å². The van der Waals surface area contributed by atoms with E-state index in [1.54, 1.807) is 36.4 Å². The monoisotopic (exact) mass is 384 g/mol. The molecule has 2 aliphatic rings. The van der Waals surface area contributed by atoms with Gasteiger partial charge in [-0.2, -0.15) is 0 Å². The van der Waals surface area contributed by atoms with Crippen LogP contribution >= 0.6 is 11.6 Å². The molecular formula is C20H21ClN4O2. The molecule has 1 saturated carbocycles. The largest absolute Gasteiger partial charge is 0.326 e. The van der Waals surface area contributed by atoms with Crippen LogP contribution in [0.3, 0.4) is 0 Å². The van der Waals surface area contributed by atoms with E-state index < -0.39 is 0 Å². The Morgan fingerprint density at radius 1 is 1.15 bits per heavy atom. The van der Waals surface area contributed by atoms with Crippen molar-refractivity contribution >= 4 is 34.9 Å². The summed E-state index contributed by atoms with van der Waals surface area (Å²) in [7, 11) is 0. The number of benzene rings is 1. The molecule has 7 heteroatoms. The molecule has 1 atom stereocenters. The molecule has 1 aliphatic heterocycles. The van der Waals surface area contributed by atoms with Crippen LogP contribution < -0.4 is 16.0 Å². The summed E-state index contributed by atoms with van der Waals surface area (Å²) in [4.78, 5) is 29.1. The Bertz CT molecular complexity index is 863. The smallest absolute Gasteiger partial charge is 0.256 e.